The van der Waals surface area contributed by atoms with Crippen LogP contribution in [0.15, 0.2) is 0 Å². The molecule has 0 fully saturated rings. The summed E-state index contributed by atoms with van der Waals surface area (Å²) < 4.78 is 15.4. The summed E-state index contributed by atoms with van der Waals surface area (Å²) in [5, 5.41) is 0. The van der Waals surface area contributed by atoms with Crippen LogP contribution in [0.3, 0.4) is 0 Å². The topological polar surface area (TPSA) is 77.6 Å². The fourth-order valence-corrected chi connectivity index (χ4v) is 0. The van der Waals surface area contributed by atoms with Crippen molar-refractivity contribution in [2.24, 2.45) is 0 Å². The molecule has 2 N–H and O–H groups in total. The van der Waals surface area contributed by atoms with Crippen molar-refractivity contribution in [1.29, 1.82) is 0 Å². The summed E-state index contributed by atoms with van der Waals surface area (Å²) in [6.07, 6.45) is 0. The first kappa shape index (κ1) is 25.2. The molecular formula is H2CaCl2O3. The van der Waals surface area contributed by atoms with Gasteiger partial charge in [-0.25, -0.2) is 23.7 Å². The molecule has 0 saturated heterocycles. The maximum atomic E-state index is 7.72. The normalized spacial score (nSPS) is 2.00. The van der Waals surface area contributed by atoms with E-state index in [9.17, 15) is 0 Å². The molecule has 0 amide bonds. The number of hydrogen-bond acceptors (Lipinski definition) is 2. The van der Waals surface area contributed by atoms with E-state index in [4.69, 9.17) is 9.32 Å². The Balaban J connectivity index is -0.00000000500. The van der Waals surface area contributed by atoms with Crippen LogP contribution in [0, 0.1) is 0 Å². The fraction of sp³-hybridized carbons (Fsp3) is 0. The first-order chi connectivity index (χ1) is 2.00. The molecule has 0 unspecified atom stereocenters. The number of hydrogen-bond donors (Lipinski definition) is 0. The summed E-state index contributed by atoms with van der Waals surface area (Å²) in [5.74, 6) is 0. The predicted octanol–water partition coefficient (Wildman–Crippen LogP) is -2.20. The van der Waals surface area contributed by atoms with Crippen molar-refractivity contribution in [3.8, 4) is 0 Å². The molecule has 3 nitrogen and oxygen atoms in total. The van der Waals surface area contributed by atoms with Gasteiger partial charge < -0.3 is 14.8 Å². The molecule has 36 valence electrons. The van der Waals surface area contributed by atoms with Gasteiger partial charge in [-0.2, -0.15) is 0 Å². The molecule has 0 aliphatic rings. The Morgan fingerprint density at radius 2 is 0.833 bits per heavy atom. The summed E-state index contributed by atoms with van der Waals surface area (Å²) in [7, 11) is 0. The van der Waals surface area contributed by atoms with E-state index in [1.807, 2.05) is 0 Å². The van der Waals surface area contributed by atoms with Crippen molar-refractivity contribution in [1.82, 2.24) is 0 Å². The molecule has 0 heterocycles. The van der Waals surface area contributed by atoms with E-state index >= 15 is 0 Å². The second-order valence-electron chi connectivity index (χ2n) is 0. The van der Waals surface area contributed by atoms with Crippen molar-refractivity contribution in [3.05, 3.63) is 0 Å². The summed E-state index contributed by atoms with van der Waals surface area (Å²) in [4.78, 5) is 0. The summed E-state index contributed by atoms with van der Waals surface area (Å²) in [6.45, 7) is 0. The molecule has 0 aliphatic heterocycles. The van der Waals surface area contributed by atoms with Crippen molar-refractivity contribution in [2.45, 2.75) is 0 Å². The Bertz CT molecular complexity index is 8.75. The van der Waals surface area contributed by atoms with Crippen molar-refractivity contribution in [2.75, 3.05) is 0 Å². The fourth-order valence-electron chi connectivity index (χ4n) is 0. The summed E-state index contributed by atoms with van der Waals surface area (Å²) in [5.41, 5.74) is 0. The van der Waals surface area contributed by atoms with E-state index < -0.39 is 0 Å². The van der Waals surface area contributed by atoms with E-state index in [0.717, 1.165) is 0 Å². The van der Waals surface area contributed by atoms with Gasteiger partial charge in [0.05, 0.1) is 0 Å². The maximum absolute atomic E-state index is 7.72. The van der Waals surface area contributed by atoms with Crippen LogP contribution in [0.25, 0.3) is 0 Å². The minimum atomic E-state index is 0. The predicted molar refractivity (Wildman–Crippen MR) is 21.1 cm³/mol. The van der Waals surface area contributed by atoms with E-state index in [-0.39, 0.29) is 43.2 Å². The van der Waals surface area contributed by atoms with E-state index in [1.165, 1.54) is 0 Å². The van der Waals surface area contributed by atoms with E-state index in [0.29, 0.717) is 0 Å². The van der Waals surface area contributed by atoms with Crippen LogP contribution in [0.2, 0.25) is 0 Å². The van der Waals surface area contributed by atoms with Crippen molar-refractivity contribution < 1.29 is 14.8 Å². The van der Waals surface area contributed by atoms with Crippen LogP contribution < -0.4 is 9.32 Å². The van der Waals surface area contributed by atoms with Gasteiger partial charge in [-0.15, -0.1) is 0 Å². The summed E-state index contributed by atoms with van der Waals surface area (Å²) >= 11 is 6.78. The van der Waals surface area contributed by atoms with Gasteiger partial charge in [0.2, 0.25) is 0 Å². The minimum Gasteiger partial charge on any atom is -0.769 e. The first-order valence-corrected chi connectivity index (χ1v) is 0.926. The molecule has 6 heavy (non-hydrogen) atoms. The van der Waals surface area contributed by atoms with Crippen LogP contribution >= 0.6 is 23.7 Å². The van der Waals surface area contributed by atoms with Crippen LogP contribution in [-0.2, 0) is 0 Å². The maximum Gasteiger partial charge on any atom is 2.00 e. The minimum absolute atomic E-state index is 0. The molecule has 0 bridgehead atoms. The largest absolute Gasteiger partial charge is 2.00 e. The van der Waals surface area contributed by atoms with Gasteiger partial charge in [0.25, 0.3) is 0 Å². The second-order valence-corrected chi connectivity index (χ2v) is 0. The van der Waals surface area contributed by atoms with Crippen LogP contribution in [0.1, 0.15) is 0 Å². The Morgan fingerprint density at radius 1 is 0.833 bits per heavy atom. The Morgan fingerprint density at radius 3 is 0.833 bits per heavy atom. The first-order valence-electron chi connectivity index (χ1n) is 0.309. The van der Waals surface area contributed by atoms with Gasteiger partial charge in [-0.05, 0) is 0 Å². The van der Waals surface area contributed by atoms with Crippen molar-refractivity contribution in [3.63, 3.8) is 0 Å². The van der Waals surface area contributed by atoms with Gasteiger partial charge in [-0.1, -0.05) is 0 Å². The smallest absolute Gasteiger partial charge is 0.769 e. The molecule has 0 spiro atoms. The van der Waals surface area contributed by atoms with Crippen LogP contribution in [-0.4, -0.2) is 43.2 Å². The van der Waals surface area contributed by atoms with Crippen LogP contribution in [0.5, 0.6) is 0 Å². The van der Waals surface area contributed by atoms with Gasteiger partial charge in [0.15, 0.2) is 0 Å². The number of rotatable bonds is 0. The molecule has 0 aliphatic carbocycles. The average molecular weight is 161 g/mol. The summed E-state index contributed by atoms with van der Waals surface area (Å²) in [6, 6.07) is 0. The SMILES string of the molecule is O.[Ca+2].[O-]Cl.[O-]Cl. The molecule has 0 aromatic heterocycles. The van der Waals surface area contributed by atoms with Gasteiger partial charge in [0, 0.05) is 0 Å². The standard InChI is InChI=1S/Ca.2ClO.H2O/c;2*1-2;/h;;;1H2/q+2;2*-1;. The number of halogens is 2. The third-order valence-corrected chi connectivity index (χ3v) is 0. The Hall–Kier alpha value is 1.72. The zero-order valence-corrected chi connectivity index (χ0v) is 6.50. The van der Waals surface area contributed by atoms with E-state index in [2.05, 4.69) is 23.7 Å². The van der Waals surface area contributed by atoms with Crippen LogP contribution in [0.4, 0.5) is 0 Å². The molecule has 0 saturated carbocycles. The van der Waals surface area contributed by atoms with Crippen molar-refractivity contribution >= 4 is 61.5 Å². The monoisotopic (exact) mass is 160 g/mol. The Kier molecular flexibility index (Phi) is 312. The molecule has 0 aromatic carbocycles. The third-order valence-electron chi connectivity index (χ3n) is 0. The molecule has 0 atom stereocenters. The zero-order valence-electron chi connectivity index (χ0n) is 2.78. The Labute approximate surface area is 75.5 Å². The molecule has 0 radical (unpaired) electrons. The van der Waals surface area contributed by atoms with Gasteiger partial charge in [-0.3, -0.25) is 0 Å². The van der Waals surface area contributed by atoms with Gasteiger partial charge in [0.1, 0.15) is 0 Å². The molecule has 0 aromatic rings. The average Bonchev–Trinajstić information content (AvgIpc) is 1.50. The van der Waals surface area contributed by atoms with E-state index in [1.54, 1.807) is 0 Å². The van der Waals surface area contributed by atoms with Gasteiger partial charge >= 0.3 is 37.7 Å². The molecule has 0 rings (SSSR count). The zero-order chi connectivity index (χ0) is 4.00. The third kappa shape index (κ3) is 43.1. The molecule has 6 heteroatoms. The quantitative estimate of drug-likeness (QED) is 0.378. The molecular weight excluding hydrogens is 159 g/mol. The second kappa shape index (κ2) is 74.3.